The van der Waals surface area contributed by atoms with Gasteiger partial charge in [0.2, 0.25) is 0 Å². The summed E-state index contributed by atoms with van der Waals surface area (Å²) in [5, 5.41) is 2.55. The molecule has 0 saturated carbocycles. The summed E-state index contributed by atoms with van der Waals surface area (Å²) < 4.78 is 5.08. The molecule has 0 saturated heterocycles. The van der Waals surface area contributed by atoms with Crippen molar-refractivity contribution in [2.45, 2.75) is 26.9 Å². The molecule has 4 heteroatoms. The molecule has 0 bridgehead atoms. The van der Waals surface area contributed by atoms with Gasteiger partial charge in [0.15, 0.2) is 0 Å². The van der Waals surface area contributed by atoms with Gasteiger partial charge in [-0.05, 0) is 44.5 Å². The van der Waals surface area contributed by atoms with E-state index in [9.17, 15) is 9.59 Å². The van der Waals surface area contributed by atoms with E-state index in [-0.39, 0.29) is 18.0 Å². The molecule has 0 aliphatic rings. The van der Waals surface area contributed by atoms with Crippen molar-refractivity contribution in [3.05, 3.63) is 34.9 Å². The number of aryl methyl sites for hydroxylation is 1. The summed E-state index contributed by atoms with van der Waals surface area (Å²) >= 11 is 0. The number of rotatable bonds is 3. The van der Waals surface area contributed by atoms with Gasteiger partial charge in [0.25, 0.3) is 5.91 Å². The summed E-state index contributed by atoms with van der Waals surface area (Å²) in [5.74, 6) is -0.530. The Morgan fingerprint density at radius 1 is 1.29 bits per heavy atom. The van der Waals surface area contributed by atoms with Crippen LogP contribution in [0.2, 0.25) is 0 Å². The molecular formula is C13H17NO3. The minimum absolute atomic E-state index is 0.151. The Kier molecular flexibility index (Phi) is 4.26. The quantitative estimate of drug-likeness (QED) is 0.814. The van der Waals surface area contributed by atoms with Crippen molar-refractivity contribution in [2.24, 2.45) is 0 Å². The fourth-order valence-electron chi connectivity index (χ4n) is 1.46. The summed E-state index contributed by atoms with van der Waals surface area (Å²) in [6.45, 7) is 5.38. The molecular weight excluding hydrogens is 218 g/mol. The number of ether oxygens (including phenoxy) is 1. The molecule has 0 fully saturated rings. The highest BCUT2D eigenvalue weighted by atomic mass is 16.5. The van der Waals surface area contributed by atoms with E-state index in [1.54, 1.807) is 46.0 Å². The third kappa shape index (κ3) is 3.31. The number of amides is 1. The van der Waals surface area contributed by atoms with Gasteiger partial charge in [0, 0.05) is 12.6 Å². The number of esters is 1. The van der Waals surface area contributed by atoms with Crippen LogP contribution in [0.5, 0.6) is 0 Å². The first-order chi connectivity index (χ1) is 7.95. The number of carbonyl (C=O) groups excluding carboxylic acids is 2. The maximum atomic E-state index is 11.6. The van der Waals surface area contributed by atoms with Crippen molar-refractivity contribution in [1.82, 2.24) is 5.32 Å². The highest BCUT2D eigenvalue weighted by Crippen LogP contribution is 2.12. The van der Waals surface area contributed by atoms with Crippen LogP contribution in [-0.4, -0.2) is 25.0 Å². The van der Waals surface area contributed by atoms with Gasteiger partial charge in [0.1, 0.15) is 0 Å². The van der Waals surface area contributed by atoms with E-state index in [0.29, 0.717) is 11.1 Å². The molecule has 0 atom stereocenters. The van der Waals surface area contributed by atoms with Gasteiger partial charge in [-0.3, -0.25) is 4.79 Å². The second kappa shape index (κ2) is 5.48. The molecule has 4 nitrogen and oxygen atoms in total. The lowest BCUT2D eigenvalue weighted by Crippen LogP contribution is -2.19. The SMILES string of the molecule is CNC(=O)c1ccc(C(=O)OC(C)C)cc1C. The Morgan fingerprint density at radius 3 is 2.41 bits per heavy atom. The van der Waals surface area contributed by atoms with E-state index < -0.39 is 0 Å². The molecule has 17 heavy (non-hydrogen) atoms. The maximum Gasteiger partial charge on any atom is 0.338 e. The van der Waals surface area contributed by atoms with E-state index in [0.717, 1.165) is 5.56 Å². The van der Waals surface area contributed by atoms with Gasteiger partial charge in [-0.1, -0.05) is 0 Å². The average molecular weight is 235 g/mol. The van der Waals surface area contributed by atoms with Gasteiger partial charge in [-0.15, -0.1) is 0 Å². The fraction of sp³-hybridized carbons (Fsp3) is 0.385. The number of benzene rings is 1. The Bertz CT molecular complexity index is 438. The lowest BCUT2D eigenvalue weighted by atomic mass is 10.0. The normalized spacial score (nSPS) is 10.2. The van der Waals surface area contributed by atoms with E-state index >= 15 is 0 Å². The zero-order valence-corrected chi connectivity index (χ0v) is 10.5. The van der Waals surface area contributed by atoms with Crippen LogP contribution >= 0.6 is 0 Å². The lowest BCUT2D eigenvalue weighted by Gasteiger charge is -2.10. The first-order valence-corrected chi connectivity index (χ1v) is 5.49. The van der Waals surface area contributed by atoms with Crippen molar-refractivity contribution in [3.8, 4) is 0 Å². The highest BCUT2D eigenvalue weighted by molar-refractivity contribution is 5.97. The molecule has 0 radical (unpaired) electrons. The predicted molar refractivity (Wildman–Crippen MR) is 65.1 cm³/mol. The Hall–Kier alpha value is -1.84. The first kappa shape index (κ1) is 13.2. The molecule has 0 spiro atoms. The molecule has 1 amide bonds. The molecule has 1 aromatic carbocycles. The Morgan fingerprint density at radius 2 is 1.94 bits per heavy atom. The Balaban J connectivity index is 2.96. The minimum atomic E-state index is -0.369. The fourth-order valence-corrected chi connectivity index (χ4v) is 1.46. The van der Waals surface area contributed by atoms with Crippen LogP contribution in [0, 0.1) is 6.92 Å². The number of hydrogen-bond acceptors (Lipinski definition) is 3. The van der Waals surface area contributed by atoms with E-state index in [1.165, 1.54) is 0 Å². The smallest absolute Gasteiger partial charge is 0.338 e. The molecule has 92 valence electrons. The second-order valence-electron chi connectivity index (χ2n) is 4.06. The number of nitrogens with one attached hydrogen (secondary N) is 1. The van der Waals surface area contributed by atoms with Gasteiger partial charge in [-0.25, -0.2) is 4.79 Å². The molecule has 0 aliphatic heterocycles. The molecule has 0 heterocycles. The van der Waals surface area contributed by atoms with Crippen LogP contribution in [0.1, 0.15) is 40.1 Å². The topological polar surface area (TPSA) is 55.4 Å². The van der Waals surface area contributed by atoms with Crippen molar-refractivity contribution in [1.29, 1.82) is 0 Å². The summed E-state index contributed by atoms with van der Waals surface area (Å²) in [5.41, 5.74) is 1.78. The predicted octanol–water partition coefficient (Wildman–Crippen LogP) is 1.92. The standard InChI is InChI=1S/C13H17NO3/c1-8(2)17-13(16)10-5-6-11(9(3)7-10)12(15)14-4/h5-8H,1-4H3,(H,14,15). The monoisotopic (exact) mass is 235 g/mol. The largest absolute Gasteiger partial charge is 0.459 e. The average Bonchev–Trinajstić information content (AvgIpc) is 2.27. The first-order valence-electron chi connectivity index (χ1n) is 5.49. The van der Waals surface area contributed by atoms with Crippen LogP contribution in [0.25, 0.3) is 0 Å². The zero-order chi connectivity index (χ0) is 13.0. The van der Waals surface area contributed by atoms with Crippen LogP contribution in [0.15, 0.2) is 18.2 Å². The van der Waals surface area contributed by atoms with Crippen LogP contribution in [0.4, 0.5) is 0 Å². The van der Waals surface area contributed by atoms with Crippen molar-refractivity contribution in [3.63, 3.8) is 0 Å². The molecule has 1 aromatic rings. The van der Waals surface area contributed by atoms with Gasteiger partial charge in [0.05, 0.1) is 11.7 Å². The zero-order valence-electron chi connectivity index (χ0n) is 10.5. The van der Waals surface area contributed by atoms with Gasteiger partial charge in [-0.2, -0.15) is 0 Å². The van der Waals surface area contributed by atoms with Gasteiger partial charge < -0.3 is 10.1 Å². The number of carbonyl (C=O) groups is 2. The lowest BCUT2D eigenvalue weighted by molar-refractivity contribution is 0.0377. The van der Waals surface area contributed by atoms with Crippen LogP contribution in [-0.2, 0) is 4.74 Å². The van der Waals surface area contributed by atoms with Gasteiger partial charge >= 0.3 is 5.97 Å². The highest BCUT2D eigenvalue weighted by Gasteiger charge is 2.13. The van der Waals surface area contributed by atoms with Crippen LogP contribution < -0.4 is 5.32 Å². The molecule has 0 aliphatic carbocycles. The minimum Gasteiger partial charge on any atom is -0.459 e. The third-order valence-electron chi connectivity index (χ3n) is 2.28. The van der Waals surface area contributed by atoms with E-state index in [2.05, 4.69) is 5.32 Å². The van der Waals surface area contributed by atoms with Crippen molar-refractivity contribution in [2.75, 3.05) is 7.05 Å². The number of hydrogen-bond donors (Lipinski definition) is 1. The summed E-state index contributed by atoms with van der Waals surface area (Å²) in [6, 6.07) is 4.89. The van der Waals surface area contributed by atoms with Crippen LogP contribution in [0.3, 0.4) is 0 Å². The summed E-state index contributed by atoms with van der Waals surface area (Å²) in [7, 11) is 1.57. The molecule has 0 aromatic heterocycles. The molecule has 0 unspecified atom stereocenters. The maximum absolute atomic E-state index is 11.6. The molecule has 1 N–H and O–H groups in total. The third-order valence-corrected chi connectivity index (χ3v) is 2.28. The summed E-state index contributed by atoms with van der Waals surface area (Å²) in [4.78, 5) is 23.1. The Labute approximate surface area is 101 Å². The van der Waals surface area contributed by atoms with Crippen molar-refractivity contribution < 1.29 is 14.3 Å². The van der Waals surface area contributed by atoms with Crippen molar-refractivity contribution >= 4 is 11.9 Å². The van der Waals surface area contributed by atoms with E-state index in [4.69, 9.17) is 4.74 Å². The summed E-state index contributed by atoms with van der Waals surface area (Å²) in [6.07, 6.45) is -0.151. The van der Waals surface area contributed by atoms with E-state index in [1.807, 2.05) is 0 Å². The second-order valence-corrected chi connectivity index (χ2v) is 4.06. The molecule has 1 rings (SSSR count).